The highest BCUT2D eigenvalue weighted by Gasteiger charge is 2.15. The fraction of sp³-hybridized carbons (Fsp3) is 1.00. The second-order valence-corrected chi connectivity index (χ2v) is 1.87. The topological polar surface area (TPSA) is 9.23 Å². The summed E-state index contributed by atoms with van der Waals surface area (Å²) in [5.74, 6) is 1.42. The lowest BCUT2D eigenvalue weighted by atomic mass is 10.1. The van der Waals surface area contributed by atoms with Gasteiger partial charge in [-0.3, -0.25) is 0 Å². The predicted octanol–water partition coefficient (Wildman–Crippen LogP) is 0.872. The van der Waals surface area contributed by atoms with Gasteiger partial charge in [-0.05, 0) is 0 Å². The molecular formula is C4H7ClO. The fourth-order valence-corrected chi connectivity index (χ4v) is 0.552. The van der Waals surface area contributed by atoms with Crippen molar-refractivity contribution in [1.29, 1.82) is 0 Å². The van der Waals surface area contributed by atoms with Crippen molar-refractivity contribution in [1.82, 2.24) is 0 Å². The molecule has 0 N–H and O–H groups in total. The van der Waals surface area contributed by atoms with Crippen LogP contribution in [-0.2, 0) is 4.74 Å². The Bertz CT molecular complexity index is 40.1. The maximum absolute atomic E-state index is 5.42. The first kappa shape index (κ1) is 4.41. The number of rotatable bonds is 1. The Hall–Kier alpha value is 0.250. The average molecular weight is 107 g/mol. The molecule has 36 valence electrons. The standard InChI is InChI=1S/C4H7ClO/c5-1-4-2-6-3-4/h4H,1-3H2. The Kier molecular flexibility index (Phi) is 1.33. The van der Waals surface area contributed by atoms with Crippen molar-refractivity contribution in [3.63, 3.8) is 0 Å². The van der Waals surface area contributed by atoms with Crippen molar-refractivity contribution in [2.24, 2.45) is 5.92 Å². The van der Waals surface area contributed by atoms with Gasteiger partial charge in [-0.2, -0.15) is 0 Å². The van der Waals surface area contributed by atoms with Crippen LogP contribution in [0, 0.1) is 5.92 Å². The molecule has 1 heterocycles. The quantitative estimate of drug-likeness (QED) is 0.451. The second-order valence-electron chi connectivity index (χ2n) is 1.56. The molecule has 1 nitrogen and oxygen atoms in total. The molecule has 0 unspecified atom stereocenters. The minimum atomic E-state index is 0.659. The van der Waals surface area contributed by atoms with Crippen LogP contribution in [-0.4, -0.2) is 19.1 Å². The highest BCUT2D eigenvalue weighted by Crippen LogP contribution is 2.09. The van der Waals surface area contributed by atoms with E-state index in [-0.39, 0.29) is 0 Å². The number of alkyl halides is 1. The number of hydrogen-bond acceptors (Lipinski definition) is 1. The lowest BCUT2D eigenvalue weighted by Crippen LogP contribution is -2.28. The molecule has 0 aromatic heterocycles. The molecule has 0 atom stereocenters. The Morgan fingerprint density at radius 2 is 2.33 bits per heavy atom. The van der Waals surface area contributed by atoms with E-state index in [1.54, 1.807) is 0 Å². The molecule has 1 rings (SSSR count). The van der Waals surface area contributed by atoms with Gasteiger partial charge in [-0.25, -0.2) is 0 Å². The van der Waals surface area contributed by atoms with Gasteiger partial charge in [0.05, 0.1) is 13.2 Å². The zero-order valence-electron chi connectivity index (χ0n) is 3.48. The Balaban J connectivity index is 2.01. The van der Waals surface area contributed by atoms with Gasteiger partial charge < -0.3 is 4.74 Å². The lowest BCUT2D eigenvalue weighted by molar-refractivity contribution is -0.0203. The fourth-order valence-electron chi connectivity index (χ4n) is 0.374. The Morgan fingerprint density at radius 1 is 1.67 bits per heavy atom. The SMILES string of the molecule is ClCC1COC1. The number of ether oxygens (including phenoxy) is 1. The smallest absolute Gasteiger partial charge is 0.0527 e. The molecule has 0 radical (unpaired) electrons. The minimum absolute atomic E-state index is 0.659. The van der Waals surface area contributed by atoms with E-state index in [9.17, 15) is 0 Å². The van der Waals surface area contributed by atoms with E-state index in [2.05, 4.69) is 0 Å². The highest BCUT2D eigenvalue weighted by atomic mass is 35.5. The summed E-state index contributed by atoms with van der Waals surface area (Å²) >= 11 is 5.42. The summed E-state index contributed by atoms with van der Waals surface area (Å²) in [7, 11) is 0. The van der Waals surface area contributed by atoms with E-state index in [0.717, 1.165) is 19.1 Å². The van der Waals surface area contributed by atoms with Gasteiger partial charge in [0.15, 0.2) is 0 Å². The number of hydrogen-bond donors (Lipinski definition) is 0. The van der Waals surface area contributed by atoms with Crippen LogP contribution in [0.15, 0.2) is 0 Å². The van der Waals surface area contributed by atoms with Crippen LogP contribution in [0.1, 0.15) is 0 Å². The van der Waals surface area contributed by atoms with Crippen LogP contribution >= 0.6 is 11.6 Å². The average Bonchev–Trinajstić information content (AvgIpc) is 1.31. The number of halogens is 1. The van der Waals surface area contributed by atoms with E-state index in [1.807, 2.05) is 0 Å². The molecular weight excluding hydrogens is 99.5 g/mol. The van der Waals surface area contributed by atoms with Gasteiger partial charge in [-0.1, -0.05) is 0 Å². The third-order valence-electron chi connectivity index (χ3n) is 0.925. The monoisotopic (exact) mass is 106 g/mol. The second kappa shape index (κ2) is 1.80. The van der Waals surface area contributed by atoms with Crippen molar-refractivity contribution in [3.8, 4) is 0 Å². The molecule has 1 saturated heterocycles. The van der Waals surface area contributed by atoms with Crippen molar-refractivity contribution < 1.29 is 4.74 Å². The normalized spacial score (nSPS) is 23.5. The summed E-state index contributed by atoms with van der Waals surface area (Å²) in [6, 6.07) is 0. The van der Waals surface area contributed by atoms with Crippen molar-refractivity contribution in [2.75, 3.05) is 19.1 Å². The Labute approximate surface area is 42.2 Å². The van der Waals surface area contributed by atoms with E-state index < -0.39 is 0 Å². The van der Waals surface area contributed by atoms with Gasteiger partial charge >= 0.3 is 0 Å². The van der Waals surface area contributed by atoms with Crippen LogP contribution in [0.5, 0.6) is 0 Å². The summed E-state index contributed by atoms with van der Waals surface area (Å²) in [5, 5.41) is 0. The van der Waals surface area contributed by atoms with Crippen molar-refractivity contribution in [3.05, 3.63) is 0 Å². The first-order valence-corrected chi connectivity index (χ1v) is 2.60. The first-order valence-electron chi connectivity index (χ1n) is 2.07. The van der Waals surface area contributed by atoms with Crippen LogP contribution in [0.25, 0.3) is 0 Å². The van der Waals surface area contributed by atoms with E-state index >= 15 is 0 Å². The minimum Gasteiger partial charge on any atom is -0.381 e. The van der Waals surface area contributed by atoms with E-state index in [4.69, 9.17) is 16.3 Å². The zero-order chi connectivity index (χ0) is 4.41. The van der Waals surface area contributed by atoms with Gasteiger partial charge in [0.25, 0.3) is 0 Å². The van der Waals surface area contributed by atoms with Crippen LogP contribution in [0.2, 0.25) is 0 Å². The predicted molar refractivity (Wildman–Crippen MR) is 25.0 cm³/mol. The van der Waals surface area contributed by atoms with Gasteiger partial charge in [0, 0.05) is 11.8 Å². The summed E-state index contributed by atoms with van der Waals surface area (Å²) in [6.07, 6.45) is 0. The third kappa shape index (κ3) is 0.660. The molecule has 1 fully saturated rings. The zero-order valence-corrected chi connectivity index (χ0v) is 4.24. The molecule has 2 heteroatoms. The van der Waals surface area contributed by atoms with Crippen LogP contribution in [0.3, 0.4) is 0 Å². The largest absolute Gasteiger partial charge is 0.381 e. The molecule has 0 amide bonds. The third-order valence-corrected chi connectivity index (χ3v) is 1.36. The van der Waals surface area contributed by atoms with Gasteiger partial charge in [0.1, 0.15) is 0 Å². The van der Waals surface area contributed by atoms with Crippen molar-refractivity contribution >= 4 is 11.6 Å². The summed E-state index contributed by atoms with van der Waals surface area (Å²) < 4.78 is 4.84. The molecule has 0 aliphatic carbocycles. The van der Waals surface area contributed by atoms with E-state index in [0.29, 0.717) is 5.92 Å². The van der Waals surface area contributed by atoms with Gasteiger partial charge in [-0.15, -0.1) is 11.6 Å². The highest BCUT2D eigenvalue weighted by molar-refractivity contribution is 6.18. The van der Waals surface area contributed by atoms with Crippen LogP contribution < -0.4 is 0 Å². The Morgan fingerprint density at radius 3 is 2.33 bits per heavy atom. The molecule has 1 aliphatic rings. The lowest BCUT2D eigenvalue weighted by Gasteiger charge is -2.22. The molecule has 0 spiro atoms. The maximum Gasteiger partial charge on any atom is 0.0527 e. The molecule has 6 heavy (non-hydrogen) atoms. The summed E-state index contributed by atoms with van der Waals surface area (Å²) in [6.45, 7) is 1.76. The maximum atomic E-state index is 5.42. The first-order chi connectivity index (χ1) is 2.93. The summed E-state index contributed by atoms with van der Waals surface area (Å²) in [4.78, 5) is 0. The molecule has 0 aromatic carbocycles. The van der Waals surface area contributed by atoms with Crippen LogP contribution in [0.4, 0.5) is 0 Å². The van der Waals surface area contributed by atoms with E-state index in [1.165, 1.54) is 0 Å². The molecule has 0 saturated carbocycles. The van der Waals surface area contributed by atoms with Crippen molar-refractivity contribution in [2.45, 2.75) is 0 Å². The molecule has 0 bridgehead atoms. The molecule has 1 aliphatic heterocycles. The summed E-state index contributed by atoms with van der Waals surface area (Å²) in [5.41, 5.74) is 0. The molecule has 0 aromatic rings. The van der Waals surface area contributed by atoms with Gasteiger partial charge in [0.2, 0.25) is 0 Å².